The Hall–Kier alpha value is -3.42. The fourth-order valence-corrected chi connectivity index (χ4v) is 4.73. The minimum atomic E-state index is -0.362. The molecule has 0 aliphatic heterocycles. The number of aromatic amines is 1. The van der Waals surface area contributed by atoms with Gasteiger partial charge in [-0.25, -0.2) is 19.3 Å². The summed E-state index contributed by atoms with van der Waals surface area (Å²) in [6.07, 6.45) is 10.4. The van der Waals surface area contributed by atoms with Gasteiger partial charge in [0.2, 0.25) is 0 Å². The number of imidazole rings is 1. The number of aliphatic imine (C=N–C) groups is 1. The van der Waals surface area contributed by atoms with Gasteiger partial charge in [-0.3, -0.25) is 9.79 Å². The summed E-state index contributed by atoms with van der Waals surface area (Å²) in [5.74, 6) is 1.15. The lowest BCUT2D eigenvalue weighted by Gasteiger charge is -2.09. The van der Waals surface area contributed by atoms with Gasteiger partial charge in [0, 0.05) is 25.1 Å². The van der Waals surface area contributed by atoms with E-state index in [1.807, 2.05) is 12.1 Å². The van der Waals surface area contributed by atoms with Crippen molar-refractivity contribution in [2.75, 3.05) is 7.05 Å². The predicted molar refractivity (Wildman–Crippen MR) is 129 cm³/mol. The molecule has 2 aliphatic rings. The van der Waals surface area contributed by atoms with Gasteiger partial charge in [-0.15, -0.1) is 0 Å². The number of halogens is 1. The molecule has 2 fully saturated rings. The number of allylic oxidation sites excluding steroid dienone is 2. The minimum Gasteiger partial charge on any atom is -0.347 e. The molecule has 0 atom stereocenters. The Balaban J connectivity index is 1.33. The molecule has 2 N–H and O–H groups in total. The first-order valence-electron chi connectivity index (χ1n) is 12.0. The maximum Gasteiger partial charge on any atom is 0.272 e. The average molecular weight is 461 g/mol. The SMILES string of the molecule is C/N=C(\C=C(\C)C1CC1)c1cc(F)cc(CNC(=O)c2ncnc3nc(C4CCCC4)[nH]c23)c1. The third-order valence-electron chi connectivity index (χ3n) is 6.80. The second-order valence-corrected chi connectivity index (χ2v) is 9.33. The Kier molecular flexibility index (Phi) is 6.22. The van der Waals surface area contributed by atoms with Crippen LogP contribution in [0.5, 0.6) is 0 Å². The van der Waals surface area contributed by atoms with E-state index < -0.39 is 0 Å². The number of rotatable bonds is 7. The minimum absolute atomic E-state index is 0.168. The summed E-state index contributed by atoms with van der Waals surface area (Å²) in [6.45, 7) is 2.26. The number of H-pyrrole nitrogens is 1. The van der Waals surface area contributed by atoms with Crippen molar-refractivity contribution < 1.29 is 9.18 Å². The standard InChI is InChI=1S/C26H29FN6O/c1-15(17-7-8-17)9-21(28-2)19-10-16(11-20(27)12-19)13-29-26(34)23-22-25(31-14-30-23)33-24(32-22)18-5-3-4-6-18/h9-12,14,17-18H,3-8,13H2,1-2H3,(H,29,34)(H,30,31,32,33)/b15-9-,28-21+. The maximum atomic E-state index is 14.4. The molecule has 5 rings (SSSR count). The number of carbonyl (C=O) groups is 1. The fourth-order valence-electron chi connectivity index (χ4n) is 4.73. The van der Waals surface area contributed by atoms with Crippen molar-refractivity contribution >= 4 is 22.8 Å². The van der Waals surface area contributed by atoms with E-state index in [0.29, 0.717) is 34.1 Å². The van der Waals surface area contributed by atoms with Crippen LogP contribution in [0.15, 0.2) is 41.2 Å². The van der Waals surface area contributed by atoms with Crippen LogP contribution in [0.4, 0.5) is 4.39 Å². The van der Waals surface area contributed by atoms with Crippen LogP contribution in [0, 0.1) is 11.7 Å². The quantitative estimate of drug-likeness (QED) is 0.493. The molecular formula is C26H29FN6O. The summed E-state index contributed by atoms with van der Waals surface area (Å²) in [6, 6.07) is 4.78. The van der Waals surface area contributed by atoms with E-state index in [-0.39, 0.29) is 24.0 Å². The first-order valence-corrected chi connectivity index (χ1v) is 12.0. The fraction of sp³-hybridized carbons (Fsp3) is 0.423. The number of aromatic nitrogens is 4. The Morgan fingerprint density at radius 3 is 2.74 bits per heavy atom. The molecule has 2 aliphatic carbocycles. The zero-order valence-electron chi connectivity index (χ0n) is 19.6. The number of nitrogens with one attached hydrogen (secondary N) is 2. The van der Waals surface area contributed by atoms with Crippen molar-refractivity contribution in [1.82, 2.24) is 25.3 Å². The predicted octanol–water partition coefficient (Wildman–Crippen LogP) is 4.85. The molecule has 2 heterocycles. The van der Waals surface area contributed by atoms with E-state index in [1.165, 1.54) is 49.7 Å². The van der Waals surface area contributed by atoms with Crippen molar-refractivity contribution in [3.8, 4) is 0 Å². The van der Waals surface area contributed by atoms with Gasteiger partial charge in [0.25, 0.3) is 5.91 Å². The molecule has 2 saturated carbocycles. The molecule has 0 radical (unpaired) electrons. The molecule has 2 aromatic heterocycles. The average Bonchev–Trinajstić information content (AvgIpc) is 3.36. The lowest BCUT2D eigenvalue weighted by molar-refractivity contribution is 0.0947. The molecule has 1 amide bonds. The van der Waals surface area contributed by atoms with Gasteiger partial charge < -0.3 is 10.3 Å². The number of amides is 1. The van der Waals surface area contributed by atoms with Crippen LogP contribution in [-0.4, -0.2) is 38.6 Å². The number of hydrogen-bond acceptors (Lipinski definition) is 5. The van der Waals surface area contributed by atoms with Crippen molar-refractivity contribution in [1.29, 1.82) is 0 Å². The van der Waals surface area contributed by atoms with Crippen LogP contribution in [-0.2, 0) is 6.54 Å². The smallest absolute Gasteiger partial charge is 0.272 e. The number of carbonyl (C=O) groups excluding carboxylic acids is 1. The molecule has 8 heteroatoms. The molecule has 0 spiro atoms. The zero-order chi connectivity index (χ0) is 23.7. The van der Waals surface area contributed by atoms with Gasteiger partial charge in [0.15, 0.2) is 11.3 Å². The highest BCUT2D eigenvalue weighted by Gasteiger charge is 2.24. The summed E-state index contributed by atoms with van der Waals surface area (Å²) < 4.78 is 14.4. The van der Waals surface area contributed by atoms with Crippen molar-refractivity contribution in [3.05, 3.63) is 64.6 Å². The summed E-state index contributed by atoms with van der Waals surface area (Å²) in [5, 5.41) is 2.87. The first kappa shape index (κ1) is 22.4. The second kappa shape index (κ2) is 9.44. The van der Waals surface area contributed by atoms with Gasteiger partial charge >= 0.3 is 0 Å². The molecule has 176 valence electrons. The molecule has 1 aromatic carbocycles. The summed E-state index contributed by atoms with van der Waals surface area (Å²) >= 11 is 0. The lowest BCUT2D eigenvalue weighted by Crippen LogP contribution is -2.24. The van der Waals surface area contributed by atoms with Gasteiger partial charge in [0.1, 0.15) is 23.5 Å². The molecule has 34 heavy (non-hydrogen) atoms. The van der Waals surface area contributed by atoms with Crippen LogP contribution in [0.2, 0.25) is 0 Å². The third kappa shape index (κ3) is 4.76. The Morgan fingerprint density at radius 2 is 2.00 bits per heavy atom. The first-order chi connectivity index (χ1) is 16.5. The molecule has 0 saturated heterocycles. The van der Waals surface area contributed by atoms with Crippen LogP contribution >= 0.6 is 0 Å². The second-order valence-electron chi connectivity index (χ2n) is 9.33. The zero-order valence-corrected chi connectivity index (χ0v) is 19.6. The molecule has 7 nitrogen and oxygen atoms in total. The normalized spacial score (nSPS) is 17.5. The van der Waals surface area contributed by atoms with Gasteiger partial charge in [-0.05, 0) is 68.4 Å². The van der Waals surface area contributed by atoms with Crippen LogP contribution < -0.4 is 5.32 Å². The van der Waals surface area contributed by atoms with Crippen molar-refractivity contribution in [2.24, 2.45) is 10.9 Å². The van der Waals surface area contributed by atoms with Crippen LogP contribution in [0.25, 0.3) is 11.2 Å². The van der Waals surface area contributed by atoms with Gasteiger partial charge in [0.05, 0.1) is 5.71 Å². The highest BCUT2D eigenvalue weighted by molar-refractivity contribution is 6.09. The molecule has 0 unspecified atom stereocenters. The Bertz CT molecular complexity index is 1280. The summed E-state index contributed by atoms with van der Waals surface area (Å²) in [5.41, 5.74) is 4.65. The monoisotopic (exact) mass is 460 g/mol. The Morgan fingerprint density at radius 1 is 1.21 bits per heavy atom. The third-order valence-corrected chi connectivity index (χ3v) is 6.80. The van der Waals surface area contributed by atoms with Crippen molar-refractivity contribution in [2.45, 2.75) is 57.9 Å². The van der Waals surface area contributed by atoms with Crippen LogP contribution in [0.3, 0.4) is 0 Å². The highest BCUT2D eigenvalue weighted by Crippen LogP contribution is 2.36. The largest absolute Gasteiger partial charge is 0.347 e. The topological polar surface area (TPSA) is 95.9 Å². The van der Waals surface area contributed by atoms with Gasteiger partial charge in [-0.1, -0.05) is 18.4 Å². The van der Waals surface area contributed by atoms with E-state index in [1.54, 1.807) is 7.05 Å². The van der Waals surface area contributed by atoms with Gasteiger partial charge in [-0.2, -0.15) is 0 Å². The number of fused-ring (bicyclic) bond motifs is 1. The summed E-state index contributed by atoms with van der Waals surface area (Å²) in [4.78, 5) is 33.6. The Labute approximate surface area is 198 Å². The number of benzene rings is 1. The van der Waals surface area contributed by atoms with E-state index in [0.717, 1.165) is 24.4 Å². The van der Waals surface area contributed by atoms with Crippen LogP contribution in [0.1, 0.15) is 78.8 Å². The van der Waals surface area contributed by atoms with Crippen molar-refractivity contribution in [3.63, 3.8) is 0 Å². The summed E-state index contributed by atoms with van der Waals surface area (Å²) in [7, 11) is 1.71. The van der Waals surface area contributed by atoms with E-state index in [2.05, 4.69) is 37.2 Å². The maximum absolute atomic E-state index is 14.4. The molecule has 3 aromatic rings. The van der Waals surface area contributed by atoms with E-state index >= 15 is 0 Å². The highest BCUT2D eigenvalue weighted by atomic mass is 19.1. The molecule has 0 bridgehead atoms. The number of nitrogens with zero attached hydrogens (tertiary/aromatic N) is 4. The number of hydrogen-bond donors (Lipinski definition) is 2. The molecular weight excluding hydrogens is 431 g/mol. The lowest BCUT2D eigenvalue weighted by atomic mass is 10.0. The van der Waals surface area contributed by atoms with E-state index in [9.17, 15) is 9.18 Å². The van der Waals surface area contributed by atoms with E-state index in [4.69, 9.17) is 0 Å².